The summed E-state index contributed by atoms with van der Waals surface area (Å²) in [5.41, 5.74) is 9.66. The van der Waals surface area contributed by atoms with Gasteiger partial charge in [0.05, 0.1) is 19.1 Å². The quantitative estimate of drug-likeness (QED) is 0.544. The summed E-state index contributed by atoms with van der Waals surface area (Å²) in [4.78, 5) is 9.03. The number of allylic oxidation sites excluding steroid dienone is 1. The van der Waals surface area contributed by atoms with Gasteiger partial charge in [-0.05, 0) is 65.4 Å². The fourth-order valence-electron chi connectivity index (χ4n) is 4.61. The molecule has 2 aromatic carbocycles. The van der Waals surface area contributed by atoms with Crippen molar-refractivity contribution in [3.8, 4) is 5.88 Å². The predicted octanol–water partition coefficient (Wildman–Crippen LogP) is 4.69. The lowest BCUT2D eigenvalue weighted by Gasteiger charge is -2.28. The third-order valence-electron chi connectivity index (χ3n) is 6.58. The average molecular weight is 489 g/mol. The van der Waals surface area contributed by atoms with Crippen molar-refractivity contribution in [3.63, 3.8) is 0 Å². The molecule has 5 rings (SSSR count). The molecule has 2 aliphatic heterocycles. The molecule has 0 fully saturated rings. The number of aliphatic imine (C=N–C) groups is 1. The van der Waals surface area contributed by atoms with Crippen LogP contribution < -0.4 is 10.1 Å². The summed E-state index contributed by atoms with van der Waals surface area (Å²) in [6.45, 7) is 3.00. The summed E-state index contributed by atoms with van der Waals surface area (Å²) in [7, 11) is -1.60. The van der Waals surface area contributed by atoms with E-state index in [1.807, 2.05) is 36.7 Å². The highest BCUT2D eigenvalue weighted by Crippen LogP contribution is 2.32. The number of sulfonamides is 1. The molecule has 0 spiro atoms. The zero-order valence-corrected chi connectivity index (χ0v) is 20.9. The van der Waals surface area contributed by atoms with Crippen LogP contribution in [0.4, 0.5) is 11.4 Å². The van der Waals surface area contributed by atoms with Gasteiger partial charge in [0.1, 0.15) is 0 Å². The Kier molecular flexibility index (Phi) is 6.17. The first-order valence-corrected chi connectivity index (χ1v) is 13.4. The van der Waals surface area contributed by atoms with Crippen LogP contribution in [0.15, 0.2) is 65.9 Å². The van der Waals surface area contributed by atoms with E-state index in [4.69, 9.17) is 9.73 Å². The van der Waals surface area contributed by atoms with Crippen molar-refractivity contribution in [1.29, 1.82) is 0 Å². The van der Waals surface area contributed by atoms with Gasteiger partial charge in [0.15, 0.2) is 0 Å². The first-order chi connectivity index (χ1) is 16.8. The van der Waals surface area contributed by atoms with Crippen LogP contribution in [0.1, 0.15) is 34.2 Å². The number of nitrogens with one attached hydrogen (secondary N) is 1. The van der Waals surface area contributed by atoms with Crippen molar-refractivity contribution in [2.24, 2.45) is 4.99 Å². The van der Waals surface area contributed by atoms with Gasteiger partial charge in [0, 0.05) is 54.9 Å². The minimum atomic E-state index is -3.20. The second kappa shape index (κ2) is 9.28. The SMILES string of the molecule is COc1ccc(C2=CN=C(c3cc(Nc4cccc5c4CCN(S(C)(=O)=O)C5)ccc3C)C2)cn1. The van der Waals surface area contributed by atoms with Crippen LogP contribution in [0.3, 0.4) is 0 Å². The van der Waals surface area contributed by atoms with Crippen LogP contribution in [0.25, 0.3) is 5.57 Å². The maximum atomic E-state index is 12.0. The summed E-state index contributed by atoms with van der Waals surface area (Å²) in [5.74, 6) is 0.593. The van der Waals surface area contributed by atoms with Crippen LogP contribution in [0, 0.1) is 6.92 Å². The van der Waals surface area contributed by atoms with Crippen LogP contribution in [0.2, 0.25) is 0 Å². The van der Waals surface area contributed by atoms with E-state index in [1.54, 1.807) is 7.11 Å². The van der Waals surface area contributed by atoms with Gasteiger partial charge in [-0.1, -0.05) is 18.2 Å². The number of pyridine rings is 1. The summed E-state index contributed by atoms with van der Waals surface area (Å²) >= 11 is 0. The molecule has 8 heteroatoms. The fourth-order valence-corrected chi connectivity index (χ4v) is 5.41. The third-order valence-corrected chi connectivity index (χ3v) is 7.83. The molecule has 1 aromatic heterocycles. The van der Waals surface area contributed by atoms with Crippen molar-refractivity contribution in [2.45, 2.75) is 26.3 Å². The number of benzene rings is 2. The Balaban J connectivity index is 1.35. The van der Waals surface area contributed by atoms with Crippen LogP contribution in [-0.2, 0) is 23.0 Å². The van der Waals surface area contributed by atoms with Gasteiger partial charge in [0.2, 0.25) is 15.9 Å². The molecule has 0 saturated carbocycles. The Morgan fingerprint density at radius 1 is 1.11 bits per heavy atom. The van der Waals surface area contributed by atoms with Gasteiger partial charge in [-0.25, -0.2) is 13.4 Å². The average Bonchev–Trinajstić information content (AvgIpc) is 3.35. The van der Waals surface area contributed by atoms with E-state index in [-0.39, 0.29) is 0 Å². The van der Waals surface area contributed by atoms with E-state index in [0.29, 0.717) is 25.4 Å². The Hall–Kier alpha value is -3.49. The van der Waals surface area contributed by atoms with E-state index in [1.165, 1.54) is 16.1 Å². The van der Waals surface area contributed by atoms with E-state index < -0.39 is 10.0 Å². The van der Waals surface area contributed by atoms with Gasteiger partial charge < -0.3 is 10.1 Å². The van der Waals surface area contributed by atoms with Crippen molar-refractivity contribution in [3.05, 3.63) is 88.7 Å². The lowest BCUT2D eigenvalue weighted by Crippen LogP contribution is -2.35. The van der Waals surface area contributed by atoms with Crippen molar-refractivity contribution in [1.82, 2.24) is 9.29 Å². The lowest BCUT2D eigenvalue weighted by molar-refractivity contribution is 0.395. The minimum Gasteiger partial charge on any atom is -0.481 e. The first-order valence-electron chi connectivity index (χ1n) is 11.5. The molecule has 0 unspecified atom stereocenters. The van der Waals surface area contributed by atoms with Crippen LogP contribution >= 0.6 is 0 Å². The molecule has 180 valence electrons. The van der Waals surface area contributed by atoms with E-state index >= 15 is 0 Å². The molecule has 0 radical (unpaired) electrons. The van der Waals surface area contributed by atoms with Crippen LogP contribution in [0.5, 0.6) is 5.88 Å². The molecule has 0 bridgehead atoms. The maximum Gasteiger partial charge on any atom is 0.212 e. The summed E-state index contributed by atoms with van der Waals surface area (Å²) in [6, 6.07) is 16.2. The number of aryl methyl sites for hydroxylation is 1. The van der Waals surface area contributed by atoms with Gasteiger partial charge in [-0.15, -0.1) is 0 Å². The van der Waals surface area contributed by atoms with Gasteiger partial charge >= 0.3 is 0 Å². The highest BCUT2D eigenvalue weighted by Gasteiger charge is 2.24. The van der Waals surface area contributed by atoms with Gasteiger partial charge in [0.25, 0.3) is 0 Å². The maximum absolute atomic E-state index is 12.0. The predicted molar refractivity (Wildman–Crippen MR) is 140 cm³/mol. The molecule has 0 amide bonds. The van der Waals surface area contributed by atoms with Crippen LogP contribution in [-0.4, -0.2) is 43.3 Å². The van der Waals surface area contributed by atoms with Crippen molar-refractivity contribution in [2.75, 3.05) is 25.2 Å². The number of fused-ring (bicyclic) bond motifs is 1. The Labute approximate surface area is 206 Å². The number of aromatic nitrogens is 1. The standard InChI is InChI=1S/C27H28N4O3S/c1-18-7-9-22(30-25-6-4-5-20-17-31(35(3,32)33)12-11-23(20)25)14-24(18)26-13-21(16-28-26)19-8-10-27(34-2)29-15-19/h4-10,14-16,30H,11-13,17H2,1-3H3. The fraction of sp³-hybridized carbons (Fsp3) is 0.259. The normalized spacial score (nSPS) is 15.9. The van der Waals surface area contributed by atoms with E-state index in [2.05, 4.69) is 41.5 Å². The highest BCUT2D eigenvalue weighted by molar-refractivity contribution is 7.88. The van der Waals surface area contributed by atoms with Crippen molar-refractivity contribution >= 4 is 32.7 Å². The van der Waals surface area contributed by atoms with E-state index in [0.717, 1.165) is 51.3 Å². The summed E-state index contributed by atoms with van der Waals surface area (Å²) in [6.07, 6.45) is 6.42. The second-order valence-corrected chi connectivity index (χ2v) is 10.9. The topological polar surface area (TPSA) is 83.9 Å². The lowest BCUT2D eigenvalue weighted by atomic mass is 9.96. The molecule has 3 aromatic rings. The Morgan fingerprint density at radius 2 is 1.97 bits per heavy atom. The van der Waals surface area contributed by atoms with Crippen molar-refractivity contribution < 1.29 is 13.2 Å². The molecular formula is C27H28N4O3S. The van der Waals surface area contributed by atoms with Gasteiger partial charge in [-0.3, -0.25) is 4.99 Å². The molecule has 0 saturated heterocycles. The summed E-state index contributed by atoms with van der Waals surface area (Å²) in [5, 5.41) is 3.57. The first kappa shape index (κ1) is 23.3. The third kappa shape index (κ3) is 4.85. The second-order valence-electron chi connectivity index (χ2n) is 8.94. The molecule has 2 aliphatic rings. The number of rotatable bonds is 6. The van der Waals surface area contributed by atoms with Gasteiger partial charge in [-0.2, -0.15) is 4.31 Å². The monoisotopic (exact) mass is 488 g/mol. The molecule has 0 atom stereocenters. The number of methoxy groups -OCH3 is 1. The molecule has 1 N–H and O–H groups in total. The summed E-state index contributed by atoms with van der Waals surface area (Å²) < 4.78 is 30.7. The zero-order valence-electron chi connectivity index (χ0n) is 20.1. The molecular weight excluding hydrogens is 460 g/mol. The molecule has 35 heavy (non-hydrogen) atoms. The molecule has 0 aliphatic carbocycles. The minimum absolute atomic E-state index is 0.411. The number of nitrogens with zero attached hydrogens (tertiary/aromatic N) is 3. The number of anilines is 2. The molecule has 7 nitrogen and oxygen atoms in total. The smallest absolute Gasteiger partial charge is 0.212 e. The van der Waals surface area contributed by atoms with E-state index in [9.17, 15) is 8.42 Å². The molecule has 3 heterocycles. The zero-order chi connectivity index (χ0) is 24.6. The number of hydrogen-bond acceptors (Lipinski definition) is 6. The number of ether oxygens (including phenoxy) is 1. The Bertz CT molecular complexity index is 1440. The highest BCUT2D eigenvalue weighted by atomic mass is 32.2. The largest absolute Gasteiger partial charge is 0.481 e. The number of hydrogen-bond donors (Lipinski definition) is 1. The Morgan fingerprint density at radius 3 is 2.71 bits per heavy atom.